The molecule has 1 amide bonds. The van der Waals surface area contributed by atoms with Gasteiger partial charge in [-0.15, -0.1) is 0 Å². The highest BCUT2D eigenvalue weighted by Gasteiger charge is 2.21. The monoisotopic (exact) mass is 315 g/mol. The summed E-state index contributed by atoms with van der Waals surface area (Å²) in [5.74, 6) is -2.12. The average molecular weight is 315 g/mol. The fourth-order valence-corrected chi connectivity index (χ4v) is 2.17. The number of carbonyl (C=O) groups excluding carboxylic acids is 1. The Balaban J connectivity index is 2.63. The Bertz CT molecular complexity index is 608. The van der Waals surface area contributed by atoms with Crippen LogP contribution in [0.15, 0.2) is 24.3 Å². The number of aromatic hydroxyl groups is 1. The van der Waals surface area contributed by atoms with E-state index in [0.29, 0.717) is 5.56 Å². The maximum Gasteiger partial charge on any atom is 0.326 e. The van der Waals surface area contributed by atoms with Crippen molar-refractivity contribution >= 4 is 21.7 Å². The Labute approximate surface area is 122 Å². The highest BCUT2D eigenvalue weighted by atomic mass is 32.2. The van der Waals surface area contributed by atoms with Crippen molar-refractivity contribution in [2.24, 2.45) is 0 Å². The van der Waals surface area contributed by atoms with Crippen LogP contribution < -0.4 is 5.32 Å². The number of phenols is 1. The molecule has 8 heteroatoms. The van der Waals surface area contributed by atoms with Crippen molar-refractivity contribution in [3.8, 4) is 5.75 Å². The molecule has 3 N–H and O–H groups in total. The third-order valence-electron chi connectivity index (χ3n) is 2.71. The number of rotatable bonds is 7. The molecule has 21 heavy (non-hydrogen) atoms. The van der Waals surface area contributed by atoms with Gasteiger partial charge in [-0.3, -0.25) is 4.79 Å². The predicted molar refractivity (Wildman–Crippen MR) is 75.7 cm³/mol. The molecule has 0 aliphatic carbocycles. The largest absolute Gasteiger partial charge is 0.508 e. The minimum atomic E-state index is -3.27. The van der Waals surface area contributed by atoms with Crippen LogP contribution in [0.3, 0.4) is 0 Å². The number of hydrogen-bond donors (Lipinski definition) is 3. The van der Waals surface area contributed by atoms with Crippen LogP contribution in [0, 0.1) is 0 Å². The number of sulfone groups is 1. The molecule has 0 radical (unpaired) electrons. The van der Waals surface area contributed by atoms with Crippen LogP contribution in [0.4, 0.5) is 0 Å². The van der Waals surface area contributed by atoms with Crippen LogP contribution in [0.1, 0.15) is 12.0 Å². The minimum absolute atomic E-state index is 0.0419. The van der Waals surface area contributed by atoms with E-state index in [-0.39, 0.29) is 24.3 Å². The number of hydrogen-bond acceptors (Lipinski definition) is 5. The minimum Gasteiger partial charge on any atom is -0.508 e. The molecule has 0 saturated heterocycles. The van der Waals surface area contributed by atoms with Crippen molar-refractivity contribution in [2.45, 2.75) is 18.9 Å². The van der Waals surface area contributed by atoms with Crippen molar-refractivity contribution in [3.05, 3.63) is 29.8 Å². The van der Waals surface area contributed by atoms with Crippen LogP contribution in [-0.2, 0) is 25.8 Å². The summed E-state index contributed by atoms with van der Waals surface area (Å²) in [5.41, 5.74) is 0.628. The van der Waals surface area contributed by atoms with Gasteiger partial charge in [0.1, 0.15) is 21.6 Å². The summed E-state index contributed by atoms with van der Waals surface area (Å²) >= 11 is 0. The lowest BCUT2D eigenvalue weighted by atomic mass is 10.1. The third-order valence-corrected chi connectivity index (χ3v) is 3.66. The summed E-state index contributed by atoms with van der Waals surface area (Å²) in [4.78, 5) is 22.7. The van der Waals surface area contributed by atoms with E-state index >= 15 is 0 Å². The van der Waals surface area contributed by atoms with Crippen molar-refractivity contribution < 1.29 is 28.2 Å². The number of carboxylic acid groups (broad SMARTS) is 1. The van der Waals surface area contributed by atoms with E-state index < -0.39 is 27.8 Å². The van der Waals surface area contributed by atoms with E-state index in [1.54, 1.807) is 12.1 Å². The molecule has 1 aromatic rings. The van der Waals surface area contributed by atoms with Gasteiger partial charge in [0, 0.05) is 19.1 Å². The van der Waals surface area contributed by atoms with Gasteiger partial charge >= 0.3 is 5.97 Å². The summed E-state index contributed by atoms with van der Waals surface area (Å²) < 4.78 is 21.9. The fourth-order valence-electron chi connectivity index (χ4n) is 1.61. The first kappa shape index (κ1) is 17.0. The molecule has 1 rings (SSSR count). The zero-order valence-corrected chi connectivity index (χ0v) is 12.3. The topological polar surface area (TPSA) is 121 Å². The maximum atomic E-state index is 11.6. The Morgan fingerprint density at radius 3 is 2.29 bits per heavy atom. The molecule has 0 spiro atoms. The van der Waals surface area contributed by atoms with Gasteiger partial charge < -0.3 is 15.5 Å². The van der Waals surface area contributed by atoms with Crippen LogP contribution in [0.5, 0.6) is 5.75 Å². The molecule has 7 nitrogen and oxygen atoms in total. The normalized spacial score (nSPS) is 12.6. The van der Waals surface area contributed by atoms with Gasteiger partial charge in [0.05, 0.1) is 5.75 Å². The second kappa shape index (κ2) is 7.07. The number of benzene rings is 1. The molecule has 0 aliphatic rings. The van der Waals surface area contributed by atoms with Gasteiger partial charge in [-0.25, -0.2) is 13.2 Å². The summed E-state index contributed by atoms with van der Waals surface area (Å²) in [6, 6.07) is 4.78. The van der Waals surface area contributed by atoms with Gasteiger partial charge in [-0.1, -0.05) is 12.1 Å². The van der Waals surface area contributed by atoms with Crippen molar-refractivity contribution in [1.29, 1.82) is 0 Å². The maximum absolute atomic E-state index is 11.6. The van der Waals surface area contributed by atoms with Gasteiger partial charge in [-0.2, -0.15) is 0 Å². The standard InChI is InChI=1S/C13H17NO6S/c1-21(19,20)7-6-12(16)14-11(13(17)18)8-9-2-4-10(15)5-3-9/h2-5,11,15H,6-8H2,1H3,(H,14,16)(H,17,18)/t11-/m1/s1. The highest BCUT2D eigenvalue weighted by molar-refractivity contribution is 7.90. The third kappa shape index (κ3) is 6.75. The zero-order chi connectivity index (χ0) is 16.0. The molecule has 0 bridgehead atoms. The van der Waals surface area contributed by atoms with E-state index in [4.69, 9.17) is 10.2 Å². The van der Waals surface area contributed by atoms with Crippen molar-refractivity contribution in [2.75, 3.05) is 12.0 Å². The van der Waals surface area contributed by atoms with E-state index in [9.17, 15) is 18.0 Å². The molecule has 0 saturated carbocycles. The zero-order valence-electron chi connectivity index (χ0n) is 11.4. The summed E-state index contributed by atoms with van der Waals surface area (Å²) in [6.45, 7) is 0. The van der Waals surface area contributed by atoms with Crippen LogP contribution in [-0.4, -0.2) is 48.6 Å². The van der Waals surface area contributed by atoms with Gasteiger partial charge in [0.15, 0.2) is 0 Å². The van der Waals surface area contributed by atoms with E-state index in [1.807, 2.05) is 0 Å². The lowest BCUT2D eigenvalue weighted by Crippen LogP contribution is -2.42. The van der Waals surface area contributed by atoms with Crippen molar-refractivity contribution in [1.82, 2.24) is 5.32 Å². The summed E-state index contributed by atoms with van der Waals surface area (Å²) in [6.07, 6.45) is 0.768. The molecule has 0 aromatic heterocycles. The molecule has 1 aromatic carbocycles. The Hall–Kier alpha value is -2.09. The molecular formula is C13H17NO6S. The van der Waals surface area contributed by atoms with Crippen LogP contribution in [0.25, 0.3) is 0 Å². The van der Waals surface area contributed by atoms with Gasteiger partial charge in [0.25, 0.3) is 0 Å². The van der Waals surface area contributed by atoms with E-state index in [0.717, 1.165) is 6.26 Å². The van der Waals surface area contributed by atoms with E-state index in [1.165, 1.54) is 12.1 Å². The predicted octanol–water partition coefficient (Wildman–Crippen LogP) is -0.0612. The molecular weight excluding hydrogens is 298 g/mol. The highest BCUT2D eigenvalue weighted by Crippen LogP contribution is 2.11. The summed E-state index contributed by atoms with van der Waals surface area (Å²) in [7, 11) is -3.27. The molecule has 1 atom stereocenters. The van der Waals surface area contributed by atoms with Crippen molar-refractivity contribution in [3.63, 3.8) is 0 Å². The molecule has 0 heterocycles. The van der Waals surface area contributed by atoms with Crippen LogP contribution >= 0.6 is 0 Å². The van der Waals surface area contributed by atoms with E-state index in [2.05, 4.69) is 5.32 Å². The molecule has 116 valence electrons. The number of nitrogens with one attached hydrogen (secondary N) is 1. The number of carbonyl (C=O) groups is 2. The Morgan fingerprint density at radius 1 is 1.24 bits per heavy atom. The number of aliphatic carboxylic acids is 1. The molecule has 0 unspecified atom stereocenters. The number of phenolic OH excluding ortho intramolecular Hbond substituents is 1. The lowest BCUT2D eigenvalue weighted by Gasteiger charge is -2.14. The molecule has 0 aliphatic heterocycles. The lowest BCUT2D eigenvalue weighted by molar-refractivity contribution is -0.141. The quantitative estimate of drug-likeness (QED) is 0.648. The first-order valence-electron chi connectivity index (χ1n) is 6.15. The smallest absolute Gasteiger partial charge is 0.326 e. The Morgan fingerprint density at radius 2 is 1.81 bits per heavy atom. The first-order valence-corrected chi connectivity index (χ1v) is 8.21. The summed E-state index contributed by atoms with van der Waals surface area (Å²) in [5, 5.41) is 20.5. The second-order valence-electron chi connectivity index (χ2n) is 4.71. The number of carboxylic acids is 1. The van der Waals surface area contributed by atoms with Gasteiger partial charge in [0.2, 0.25) is 5.91 Å². The van der Waals surface area contributed by atoms with Crippen LogP contribution in [0.2, 0.25) is 0 Å². The number of amides is 1. The molecule has 0 fully saturated rings. The Kier molecular flexibility index (Phi) is 5.71. The SMILES string of the molecule is CS(=O)(=O)CCC(=O)N[C@H](Cc1ccc(O)cc1)C(=O)O. The average Bonchev–Trinajstić information content (AvgIpc) is 2.37. The van der Waals surface area contributed by atoms with Gasteiger partial charge in [-0.05, 0) is 17.7 Å². The first-order chi connectivity index (χ1) is 9.67. The second-order valence-corrected chi connectivity index (χ2v) is 6.97. The fraction of sp³-hybridized carbons (Fsp3) is 0.385.